The fraction of sp³-hybridized carbons (Fsp3) is 0.304. The number of methoxy groups -OCH3 is 1. The van der Waals surface area contributed by atoms with Gasteiger partial charge in [0.1, 0.15) is 11.6 Å². The van der Waals surface area contributed by atoms with Crippen LogP contribution in [0.3, 0.4) is 0 Å². The Kier molecular flexibility index (Phi) is 5.91. The normalized spacial score (nSPS) is 15.3. The zero-order valence-corrected chi connectivity index (χ0v) is 16.7. The van der Waals surface area contributed by atoms with Crippen LogP contribution in [0.2, 0.25) is 0 Å². The monoisotopic (exact) mass is 390 g/mol. The van der Waals surface area contributed by atoms with E-state index in [1.165, 1.54) is 5.69 Å². The minimum atomic E-state index is 0.204. The van der Waals surface area contributed by atoms with Gasteiger partial charge in [-0.1, -0.05) is 18.2 Å². The molecular weight excluding hydrogens is 364 g/mol. The van der Waals surface area contributed by atoms with E-state index in [4.69, 9.17) is 4.74 Å². The summed E-state index contributed by atoms with van der Waals surface area (Å²) in [4.78, 5) is 21.4. The summed E-state index contributed by atoms with van der Waals surface area (Å²) in [6, 6.07) is 18.0. The summed E-state index contributed by atoms with van der Waals surface area (Å²) in [7, 11) is 1.66. The SMILES string of the molecule is COc1cccc(CN2CCN(Cc3cccn3-c3ccccn3)CCC2=O)c1. The average molecular weight is 390 g/mol. The molecular formula is C23H26N4O2. The van der Waals surface area contributed by atoms with Crippen molar-refractivity contribution in [2.75, 3.05) is 26.7 Å². The Hall–Kier alpha value is -3.12. The van der Waals surface area contributed by atoms with Gasteiger partial charge < -0.3 is 14.2 Å². The Labute approximate surface area is 171 Å². The molecule has 0 aliphatic carbocycles. The van der Waals surface area contributed by atoms with Gasteiger partial charge in [0, 0.05) is 57.2 Å². The molecule has 0 N–H and O–H groups in total. The molecule has 29 heavy (non-hydrogen) atoms. The van der Waals surface area contributed by atoms with Crippen LogP contribution in [0, 0.1) is 0 Å². The largest absolute Gasteiger partial charge is 0.497 e. The Balaban J connectivity index is 1.41. The minimum absolute atomic E-state index is 0.204. The highest BCUT2D eigenvalue weighted by Gasteiger charge is 2.22. The van der Waals surface area contributed by atoms with Crippen LogP contribution in [-0.2, 0) is 17.9 Å². The Bertz CT molecular complexity index is 954. The van der Waals surface area contributed by atoms with Gasteiger partial charge in [0.05, 0.1) is 7.11 Å². The quantitative estimate of drug-likeness (QED) is 0.649. The summed E-state index contributed by atoms with van der Waals surface area (Å²) in [6.45, 7) is 3.75. The summed E-state index contributed by atoms with van der Waals surface area (Å²) in [6.07, 6.45) is 4.38. The van der Waals surface area contributed by atoms with E-state index in [2.05, 4.69) is 20.5 Å². The van der Waals surface area contributed by atoms with Crippen molar-refractivity contribution in [2.45, 2.75) is 19.5 Å². The number of hydrogen-bond acceptors (Lipinski definition) is 4. The van der Waals surface area contributed by atoms with Crippen molar-refractivity contribution in [3.8, 4) is 11.6 Å². The maximum absolute atomic E-state index is 12.7. The molecule has 1 saturated heterocycles. The van der Waals surface area contributed by atoms with Gasteiger partial charge in [-0.15, -0.1) is 0 Å². The summed E-state index contributed by atoms with van der Waals surface area (Å²) >= 11 is 0. The molecule has 0 radical (unpaired) electrons. The maximum atomic E-state index is 12.7. The van der Waals surface area contributed by atoms with Gasteiger partial charge >= 0.3 is 0 Å². The van der Waals surface area contributed by atoms with Crippen molar-refractivity contribution in [1.82, 2.24) is 19.4 Å². The number of aromatic nitrogens is 2. The smallest absolute Gasteiger partial charge is 0.224 e. The number of pyridine rings is 1. The van der Waals surface area contributed by atoms with E-state index in [0.29, 0.717) is 13.0 Å². The van der Waals surface area contributed by atoms with Gasteiger partial charge in [-0.25, -0.2) is 4.98 Å². The second-order valence-electron chi connectivity index (χ2n) is 7.25. The molecule has 1 aromatic carbocycles. The molecule has 0 bridgehead atoms. The number of carbonyl (C=O) groups is 1. The molecule has 4 rings (SSSR count). The van der Waals surface area contributed by atoms with E-state index in [0.717, 1.165) is 43.3 Å². The van der Waals surface area contributed by atoms with Crippen LogP contribution in [0.5, 0.6) is 5.75 Å². The van der Waals surface area contributed by atoms with Crippen LogP contribution in [0.4, 0.5) is 0 Å². The minimum Gasteiger partial charge on any atom is -0.497 e. The van der Waals surface area contributed by atoms with Crippen LogP contribution in [0.15, 0.2) is 67.0 Å². The number of benzene rings is 1. The predicted molar refractivity (Wildman–Crippen MR) is 112 cm³/mol. The Morgan fingerprint density at radius 3 is 2.76 bits per heavy atom. The first-order chi connectivity index (χ1) is 14.2. The first kappa shape index (κ1) is 19.2. The molecule has 6 heteroatoms. The van der Waals surface area contributed by atoms with Crippen LogP contribution >= 0.6 is 0 Å². The van der Waals surface area contributed by atoms with Crippen molar-refractivity contribution in [3.63, 3.8) is 0 Å². The Morgan fingerprint density at radius 2 is 1.93 bits per heavy atom. The van der Waals surface area contributed by atoms with E-state index in [9.17, 15) is 4.79 Å². The third-order valence-corrected chi connectivity index (χ3v) is 5.30. The molecule has 3 aromatic rings. The molecule has 3 heterocycles. The molecule has 0 atom stereocenters. The van der Waals surface area contributed by atoms with Crippen molar-refractivity contribution >= 4 is 5.91 Å². The van der Waals surface area contributed by atoms with Gasteiger partial charge in [-0.2, -0.15) is 0 Å². The number of amides is 1. The highest BCUT2D eigenvalue weighted by Crippen LogP contribution is 2.18. The van der Waals surface area contributed by atoms with Gasteiger partial charge in [0.15, 0.2) is 0 Å². The second kappa shape index (κ2) is 8.92. The number of carbonyl (C=O) groups excluding carboxylic acids is 1. The zero-order chi connectivity index (χ0) is 20.1. The van der Waals surface area contributed by atoms with Crippen molar-refractivity contribution in [2.24, 2.45) is 0 Å². The Morgan fingerprint density at radius 1 is 1.00 bits per heavy atom. The van der Waals surface area contributed by atoms with E-state index >= 15 is 0 Å². The molecule has 1 aliphatic rings. The molecule has 0 spiro atoms. The molecule has 6 nitrogen and oxygen atoms in total. The highest BCUT2D eigenvalue weighted by atomic mass is 16.5. The van der Waals surface area contributed by atoms with Crippen molar-refractivity contribution < 1.29 is 9.53 Å². The average Bonchev–Trinajstić information content (AvgIpc) is 3.16. The van der Waals surface area contributed by atoms with Crippen LogP contribution < -0.4 is 4.74 Å². The van der Waals surface area contributed by atoms with Crippen molar-refractivity contribution in [1.29, 1.82) is 0 Å². The van der Waals surface area contributed by atoms with E-state index < -0.39 is 0 Å². The van der Waals surface area contributed by atoms with E-state index in [-0.39, 0.29) is 5.91 Å². The lowest BCUT2D eigenvalue weighted by Gasteiger charge is -2.23. The van der Waals surface area contributed by atoms with Crippen LogP contribution in [0.25, 0.3) is 5.82 Å². The molecule has 1 fully saturated rings. The summed E-state index contributed by atoms with van der Waals surface area (Å²) in [5, 5.41) is 0. The summed E-state index contributed by atoms with van der Waals surface area (Å²) in [5.41, 5.74) is 2.27. The van der Waals surface area contributed by atoms with Crippen LogP contribution in [0.1, 0.15) is 17.7 Å². The lowest BCUT2D eigenvalue weighted by Crippen LogP contribution is -2.32. The summed E-state index contributed by atoms with van der Waals surface area (Å²) in [5.74, 6) is 1.94. The first-order valence-corrected chi connectivity index (χ1v) is 9.93. The third kappa shape index (κ3) is 4.66. The topological polar surface area (TPSA) is 50.6 Å². The first-order valence-electron chi connectivity index (χ1n) is 9.93. The van der Waals surface area contributed by atoms with Crippen LogP contribution in [-0.4, -0.2) is 52.0 Å². The summed E-state index contributed by atoms with van der Waals surface area (Å²) < 4.78 is 7.41. The molecule has 1 aliphatic heterocycles. The number of nitrogens with zero attached hydrogens (tertiary/aromatic N) is 4. The van der Waals surface area contributed by atoms with E-state index in [1.807, 2.05) is 59.6 Å². The fourth-order valence-corrected chi connectivity index (χ4v) is 3.72. The number of ether oxygens (including phenoxy) is 1. The lowest BCUT2D eigenvalue weighted by atomic mass is 10.2. The standard InChI is InChI=1S/C23H26N4O2/c1-29-21-8-4-6-19(16-21)17-26-15-14-25(13-10-23(26)28)18-20-7-5-12-27(20)22-9-2-3-11-24-22/h2-9,11-12,16H,10,13-15,17-18H2,1H3. The molecule has 2 aromatic heterocycles. The number of hydrogen-bond donors (Lipinski definition) is 0. The fourth-order valence-electron chi connectivity index (χ4n) is 3.72. The highest BCUT2D eigenvalue weighted by molar-refractivity contribution is 5.76. The van der Waals surface area contributed by atoms with Gasteiger partial charge in [0.2, 0.25) is 5.91 Å². The second-order valence-corrected chi connectivity index (χ2v) is 7.25. The lowest BCUT2D eigenvalue weighted by molar-refractivity contribution is -0.130. The molecule has 1 amide bonds. The van der Waals surface area contributed by atoms with Crippen molar-refractivity contribution in [3.05, 3.63) is 78.2 Å². The zero-order valence-electron chi connectivity index (χ0n) is 16.7. The number of rotatable bonds is 6. The van der Waals surface area contributed by atoms with Gasteiger partial charge in [-0.3, -0.25) is 9.69 Å². The maximum Gasteiger partial charge on any atom is 0.224 e. The molecule has 0 unspecified atom stereocenters. The predicted octanol–water partition coefficient (Wildman–Crippen LogP) is 3.12. The molecule has 0 saturated carbocycles. The third-order valence-electron chi connectivity index (χ3n) is 5.30. The molecule has 150 valence electrons. The van der Waals surface area contributed by atoms with Gasteiger partial charge in [0.25, 0.3) is 0 Å². The van der Waals surface area contributed by atoms with Gasteiger partial charge in [-0.05, 0) is 42.0 Å². The van der Waals surface area contributed by atoms with E-state index in [1.54, 1.807) is 13.3 Å².